The van der Waals surface area contributed by atoms with Crippen molar-refractivity contribution in [2.24, 2.45) is 0 Å². The lowest BCUT2D eigenvalue weighted by Crippen LogP contribution is -2.44. The summed E-state index contributed by atoms with van der Waals surface area (Å²) >= 11 is 0. The summed E-state index contributed by atoms with van der Waals surface area (Å²) in [5.41, 5.74) is 2.47. The zero-order chi connectivity index (χ0) is 20.2. The molecule has 0 saturated carbocycles. The Kier molecular flexibility index (Phi) is 6.70. The van der Waals surface area contributed by atoms with Crippen LogP contribution in [0, 0.1) is 6.92 Å². The molecule has 0 bridgehead atoms. The van der Waals surface area contributed by atoms with Gasteiger partial charge in [-0.15, -0.1) is 0 Å². The van der Waals surface area contributed by atoms with Crippen LogP contribution in [0.1, 0.15) is 26.3 Å². The molecule has 0 aliphatic carbocycles. The van der Waals surface area contributed by atoms with Crippen LogP contribution in [0.15, 0.2) is 18.2 Å². The van der Waals surface area contributed by atoms with Crippen LogP contribution in [0.2, 0.25) is 0 Å². The summed E-state index contributed by atoms with van der Waals surface area (Å²) in [7, 11) is 3.69. The molecular weight excluding hydrogens is 344 g/mol. The Morgan fingerprint density at radius 3 is 2.37 bits per heavy atom. The lowest BCUT2D eigenvalue weighted by atomic mass is 10.1. The Hall–Kier alpha value is -2.28. The van der Waals surface area contributed by atoms with Crippen molar-refractivity contribution in [2.75, 3.05) is 57.0 Å². The number of amides is 2. The molecule has 0 radical (unpaired) electrons. The highest BCUT2D eigenvalue weighted by Crippen LogP contribution is 2.24. The number of hydrogen-bond donors (Lipinski definition) is 1. The van der Waals surface area contributed by atoms with Crippen LogP contribution < -0.4 is 10.2 Å². The van der Waals surface area contributed by atoms with E-state index in [9.17, 15) is 9.59 Å². The minimum atomic E-state index is -0.585. The first-order chi connectivity index (χ1) is 12.5. The van der Waals surface area contributed by atoms with Crippen LogP contribution >= 0.6 is 0 Å². The van der Waals surface area contributed by atoms with E-state index in [1.807, 2.05) is 18.2 Å². The maximum Gasteiger partial charge on any atom is 0.410 e. The molecule has 2 amide bonds. The minimum Gasteiger partial charge on any atom is -0.444 e. The zero-order valence-electron chi connectivity index (χ0n) is 17.3. The smallest absolute Gasteiger partial charge is 0.410 e. The summed E-state index contributed by atoms with van der Waals surface area (Å²) in [6, 6.07) is 5.93. The number of ether oxygens (including phenoxy) is 1. The van der Waals surface area contributed by atoms with Crippen molar-refractivity contribution in [1.82, 2.24) is 9.80 Å². The molecule has 1 aliphatic rings. The molecule has 1 fully saturated rings. The van der Waals surface area contributed by atoms with Crippen LogP contribution in [0.5, 0.6) is 0 Å². The van der Waals surface area contributed by atoms with Gasteiger partial charge in [0.1, 0.15) is 12.1 Å². The van der Waals surface area contributed by atoms with Gasteiger partial charge in [0, 0.05) is 44.6 Å². The van der Waals surface area contributed by atoms with E-state index in [0.717, 1.165) is 37.4 Å². The van der Waals surface area contributed by atoms with E-state index >= 15 is 0 Å². The van der Waals surface area contributed by atoms with E-state index < -0.39 is 11.7 Å². The molecule has 1 aromatic rings. The fourth-order valence-electron chi connectivity index (χ4n) is 2.96. The average Bonchev–Trinajstić information content (AvgIpc) is 2.54. The van der Waals surface area contributed by atoms with Gasteiger partial charge in [0.25, 0.3) is 0 Å². The van der Waals surface area contributed by atoms with Gasteiger partial charge in [-0.3, -0.25) is 4.79 Å². The molecule has 1 aliphatic heterocycles. The normalized spacial score (nSPS) is 15.4. The number of benzene rings is 1. The molecule has 2 rings (SSSR count). The van der Waals surface area contributed by atoms with E-state index in [2.05, 4.69) is 29.1 Å². The third kappa shape index (κ3) is 6.43. The summed E-state index contributed by atoms with van der Waals surface area (Å²) in [4.78, 5) is 30.2. The Morgan fingerprint density at radius 1 is 1.19 bits per heavy atom. The predicted molar refractivity (Wildman–Crippen MR) is 108 cm³/mol. The maximum atomic E-state index is 12.3. The van der Waals surface area contributed by atoms with Gasteiger partial charge < -0.3 is 24.8 Å². The van der Waals surface area contributed by atoms with Crippen molar-refractivity contribution in [1.29, 1.82) is 0 Å². The highest BCUT2D eigenvalue weighted by atomic mass is 16.6. The van der Waals surface area contributed by atoms with Crippen molar-refractivity contribution in [2.45, 2.75) is 33.3 Å². The number of likely N-dealkylation sites (N-methyl/N-ethyl adjacent to an activating group) is 2. The van der Waals surface area contributed by atoms with E-state index in [1.165, 1.54) is 10.6 Å². The number of aryl methyl sites for hydroxylation is 1. The molecule has 1 N–H and O–H groups in total. The Balaban J connectivity index is 1.92. The van der Waals surface area contributed by atoms with E-state index in [1.54, 1.807) is 27.8 Å². The van der Waals surface area contributed by atoms with Crippen LogP contribution in [-0.2, 0) is 9.53 Å². The number of rotatable bonds is 4. The summed E-state index contributed by atoms with van der Waals surface area (Å²) < 4.78 is 5.26. The summed E-state index contributed by atoms with van der Waals surface area (Å²) in [5.74, 6) is -0.255. The number of nitrogens with zero attached hydrogens (tertiary/aromatic N) is 3. The second-order valence-corrected chi connectivity index (χ2v) is 8.18. The number of carbonyl (C=O) groups is 2. The quantitative estimate of drug-likeness (QED) is 0.875. The Bertz CT molecular complexity index is 676. The lowest BCUT2D eigenvalue weighted by Gasteiger charge is -2.35. The van der Waals surface area contributed by atoms with E-state index in [-0.39, 0.29) is 12.5 Å². The predicted octanol–water partition coefficient (Wildman–Crippen LogP) is 2.55. The molecule has 0 atom stereocenters. The van der Waals surface area contributed by atoms with E-state index in [0.29, 0.717) is 0 Å². The highest BCUT2D eigenvalue weighted by Gasteiger charge is 2.21. The Labute approximate surface area is 162 Å². The van der Waals surface area contributed by atoms with Crippen LogP contribution in [-0.4, -0.2) is 74.2 Å². The summed E-state index contributed by atoms with van der Waals surface area (Å²) in [5, 5.41) is 2.85. The molecule has 1 saturated heterocycles. The van der Waals surface area contributed by atoms with Gasteiger partial charge in [-0.1, -0.05) is 0 Å². The Morgan fingerprint density at radius 2 is 1.81 bits per heavy atom. The molecule has 0 aromatic heterocycles. The molecule has 0 unspecified atom stereocenters. The fourth-order valence-corrected chi connectivity index (χ4v) is 2.96. The van der Waals surface area contributed by atoms with Crippen LogP contribution in [0.25, 0.3) is 0 Å². The van der Waals surface area contributed by atoms with Crippen molar-refractivity contribution in [3.8, 4) is 0 Å². The van der Waals surface area contributed by atoms with Crippen molar-refractivity contribution in [3.05, 3.63) is 23.8 Å². The van der Waals surface area contributed by atoms with Crippen LogP contribution in [0.3, 0.4) is 0 Å². The highest BCUT2D eigenvalue weighted by molar-refractivity contribution is 5.94. The van der Waals surface area contributed by atoms with Crippen molar-refractivity contribution in [3.63, 3.8) is 0 Å². The fraction of sp³-hybridized carbons (Fsp3) is 0.600. The first kappa shape index (κ1) is 21.0. The first-order valence-corrected chi connectivity index (χ1v) is 9.33. The number of carbonyl (C=O) groups excluding carboxylic acids is 2. The van der Waals surface area contributed by atoms with E-state index in [4.69, 9.17) is 4.74 Å². The van der Waals surface area contributed by atoms with Gasteiger partial charge in [-0.05, 0) is 58.5 Å². The molecule has 1 heterocycles. The van der Waals surface area contributed by atoms with Gasteiger partial charge >= 0.3 is 6.09 Å². The third-order valence-electron chi connectivity index (χ3n) is 4.41. The van der Waals surface area contributed by atoms with Crippen molar-refractivity contribution >= 4 is 23.4 Å². The molecule has 27 heavy (non-hydrogen) atoms. The minimum absolute atomic E-state index is 0.0613. The standard InChI is InChI=1S/C20H32N4O3/c1-15-13-16(7-8-17(15)24-11-9-22(5)10-12-24)21-18(25)14-23(6)19(26)27-20(2,3)4/h7-8,13H,9-12,14H2,1-6H3,(H,21,25). The van der Waals surface area contributed by atoms with Gasteiger partial charge in [0.2, 0.25) is 5.91 Å². The maximum absolute atomic E-state index is 12.3. The molecular formula is C20H32N4O3. The number of piperazine rings is 1. The van der Waals surface area contributed by atoms with Gasteiger partial charge in [-0.2, -0.15) is 0 Å². The van der Waals surface area contributed by atoms with Gasteiger partial charge in [0.05, 0.1) is 0 Å². The molecule has 7 nitrogen and oxygen atoms in total. The second kappa shape index (κ2) is 8.61. The molecule has 0 spiro atoms. The lowest BCUT2D eigenvalue weighted by molar-refractivity contribution is -0.117. The van der Waals surface area contributed by atoms with Crippen molar-refractivity contribution < 1.29 is 14.3 Å². The average molecular weight is 377 g/mol. The largest absolute Gasteiger partial charge is 0.444 e. The molecule has 7 heteroatoms. The molecule has 150 valence electrons. The number of anilines is 2. The summed E-state index contributed by atoms with van der Waals surface area (Å²) in [6.07, 6.45) is -0.515. The topological polar surface area (TPSA) is 65.1 Å². The number of hydrogen-bond acceptors (Lipinski definition) is 5. The van der Waals surface area contributed by atoms with Gasteiger partial charge in [0.15, 0.2) is 0 Å². The second-order valence-electron chi connectivity index (χ2n) is 8.18. The third-order valence-corrected chi connectivity index (χ3v) is 4.41. The SMILES string of the molecule is Cc1cc(NC(=O)CN(C)C(=O)OC(C)(C)C)ccc1N1CCN(C)CC1. The van der Waals surface area contributed by atoms with Crippen LogP contribution in [0.4, 0.5) is 16.2 Å². The first-order valence-electron chi connectivity index (χ1n) is 9.33. The molecule has 1 aromatic carbocycles. The number of nitrogens with one attached hydrogen (secondary N) is 1. The van der Waals surface area contributed by atoms with Gasteiger partial charge in [-0.25, -0.2) is 4.79 Å². The summed E-state index contributed by atoms with van der Waals surface area (Å²) in [6.45, 7) is 11.5. The zero-order valence-corrected chi connectivity index (χ0v) is 17.3. The monoisotopic (exact) mass is 376 g/mol.